The second kappa shape index (κ2) is 7.79. The fourth-order valence-corrected chi connectivity index (χ4v) is 3.06. The summed E-state index contributed by atoms with van der Waals surface area (Å²) in [4.78, 5) is 28.7. The zero-order valence-corrected chi connectivity index (χ0v) is 15.5. The molecule has 8 nitrogen and oxygen atoms in total. The highest BCUT2D eigenvalue weighted by Gasteiger charge is 2.36. The summed E-state index contributed by atoms with van der Waals surface area (Å²) in [6, 6.07) is 7.49. The van der Waals surface area contributed by atoms with Crippen LogP contribution in [0.15, 0.2) is 30.5 Å². The van der Waals surface area contributed by atoms with E-state index in [1.54, 1.807) is 13.0 Å². The molecule has 3 rings (SSSR count). The van der Waals surface area contributed by atoms with Crippen molar-refractivity contribution in [2.75, 3.05) is 18.4 Å². The number of amides is 1. The first kappa shape index (κ1) is 20.1. The van der Waals surface area contributed by atoms with Crippen LogP contribution in [0.3, 0.4) is 0 Å². The lowest BCUT2D eigenvalue weighted by Crippen LogP contribution is -2.42. The number of nitrogens with zero attached hydrogens (tertiary/aromatic N) is 4. The Morgan fingerprint density at radius 1 is 1.34 bits per heavy atom. The molecule has 1 N–H and O–H groups in total. The number of pyridine rings is 1. The van der Waals surface area contributed by atoms with Gasteiger partial charge in [-0.1, -0.05) is 0 Å². The van der Waals surface area contributed by atoms with Crippen LogP contribution in [0.5, 0.6) is 0 Å². The number of nitro groups is 1. The topological polar surface area (TPSA) is 112 Å². The Balaban J connectivity index is 1.84. The van der Waals surface area contributed by atoms with Gasteiger partial charge in [0.1, 0.15) is 17.5 Å². The number of aryl methyl sites for hydroxylation is 1. The van der Waals surface area contributed by atoms with Crippen LogP contribution in [0.1, 0.15) is 34.5 Å². The summed E-state index contributed by atoms with van der Waals surface area (Å²) in [5.74, 6) is -3.31. The van der Waals surface area contributed by atoms with Crippen LogP contribution in [-0.4, -0.2) is 39.7 Å². The number of nitro benzene ring substituents is 1. The minimum atomic E-state index is -2.79. The maximum absolute atomic E-state index is 13.3. The van der Waals surface area contributed by atoms with Gasteiger partial charge in [-0.15, -0.1) is 0 Å². The lowest BCUT2D eigenvalue weighted by molar-refractivity contribution is -0.383. The fraction of sp³-hybridized carbons (Fsp3) is 0.316. The SMILES string of the molecule is Cc1cc(Nc2ccc(C(=O)N3CCC(F)(F)CC3)cc2[N+](=O)[O-])cnc1C#N. The number of alkyl halides is 2. The molecule has 1 aromatic heterocycles. The highest BCUT2D eigenvalue weighted by Crippen LogP contribution is 2.31. The molecule has 150 valence electrons. The molecule has 1 amide bonds. The number of anilines is 2. The Hall–Kier alpha value is -3.61. The van der Waals surface area contributed by atoms with Crippen molar-refractivity contribution in [1.82, 2.24) is 9.88 Å². The minimum Gasteiger partial charge on any atom is -0.349 e. The zero-order valence-electron chi connectivity index (χ0n) is 15.5. The molecule has 0 radical (unpaired) electrons. The molecule has 0 saturated carbocycles. The molecule has 0 bridgehead atoms. The fourth-order valence-electron chi connectivity index (χ4n) is 3.06. The van der Waals surface area contributed by atoms with E-state index in [9.17, 15) is 23.7 Å². The Bertz CT molecular complexity index is 1010. The van der Waals surface area contributed by atoms with E-state index in [0.717, 1.165) is 6.07 Å². The van der Waals surface area contributed by atoms with Crippen molar-refractivity contribution in [3.05, 3.63) is 57.4 Å². The summed E-state index contributed by atoms with van der Waals surface area (Å²) in [6.45, 7) is 1.49. The van der Waals surface area contributed by atoms with E-state index >= 15 is 0 Å². The summed E-state index contributed by atoms with van der Waals surface area (Å²) in [5, 5.41) is 23.3. The number of nitriles is 1. The lowest BCUT2D eigenvalue weighted by Gasteiger charge is -2.31. The quantitative estimate of drug-likeness (QED) is 0.616. The Morgan fingerprint density at radius 3 is 2.62 bits per heavy atom. The van der Waals surface area contributed by atoms with E-state index in [0.29, 0.717) is 11.3 Å². The Morgan fingerprint density at radius 2 is 2.03 bits per heavy atom. The van der Waals surface area contributed by atoms with Crippen molar-refractivity contribution >= 4 is 23.0 Å². The molecule has 1 aliphatic rings. The van der Waals surface area contributed by atoms with Crippen LogP contribution in [0.2, 0.25) is 0 Å². The molecule has 1 aliphatic heterocycles. The maximum atomic E-state index is 13.3. The van der Waals surface area contributed by atoms with E-state index < -0.39 is 29.6 Å². The summed E-state index contributed by atoms with van der Waals surface area (Å²) < 4.78 is 26.6. The molecule has 1 fully saturated rings. The van der Waals surface area contributed by atoms with E-state index in [2.05, 4.69) is 10.3 Å². The number of carbonyl (C=O) groups excluding carboxylic acids is 1. The first-order valence-electron chi connectivity index (χ1n) is 8.79. The van der Waals surface area contributed by atoms with Gasteiger partial charge in [-0.05, 0) is 30.7 Å². The average molecular weight is 401 g/mol. The highest BCUT2D eigenvalue weighted by molar-refractivity contribution is 5.96. The largest absolute Gasteiger partial charge is 0.349 e. The second-order valence-corrected chi connectivity index (χ2v) is 6.76. The molecule has 0 unspecified atom stereocenters. The third-order valence-electron chi connectivity index (χ3n) is 4.69. The number of benzene rings is 1. The molecular formula is C19H17F2N5O3. The van der Waals surface area contributed by atoms with Gasteiger partial charge in [0.2, 0.25) is 0 Å². The summed E-state index contributed by atoms with van der Waals surface area (Å²) >= 11 is 0. The van der Waals surface area contributed by atoms with Gasteiger partial charge in [0, 0.05) is 37.6 Å². The molecular weight excluding hydrogens is 384 g/mol. The number of rotatable bonds is 4. The van der Waals surface area contributed by atoms with Crippen LogP contribution in [0.4, 0.5) is 25.8 Å². The van der Waals surface area contributed by atoms with Crippen LogP contribution in [-0.2, 0) is 0 Å². The standard InChI is InChI=1S/C19H17F2N5O3/c1-12-8-14(11-23-16(12)10-22)24-15-3-2-13(9-17(15)26(28)29)18(27)25-6-4-19(20,21)5-7-25/h2-3,8-9,11,24H,4-7H2,1H3. The molecule has 29 heavy (non-hydrogen) atoms. The van der Waals surface area contributed by atoms with Gasteiger partial charge in [0.05, 0.1) is 16.8 Å². The van der Waals surface area contributed by atoms with Gasteiger partial charge >= 0.3 is 0 Å². The van der Waals surface area contributed by atoms with Gasteiger partial charge < -0.3 is 10.2 Å². The highest BCUT2D eigenvalue weighted by atomic mass is 19.3. The molecule has 0 atom stereocenters. The Kier molecular flexibility index (Phi) is 5.41. The van der Waals surface area contributed by atoms with Crippen molar-refractivity contribution in [3.63, 3.8) is 0 Å². The van der Waals surface area contributed by atoms with Gasteiger partial charge in [-0.25, -0.2) is 13.8 Å². The first-order chi connectivity index (χ1) is 13.7. The number of halogens is 2. The smallest absolute Gasteiger partial charge is 0.293 e. The van der Waals surface area contributed by atoms with Gasteiger partial charge in [0.25, 0.3) is 17.5 Å². The molecule has 0 spiro atoms. The molecule has 1 saturated heterocycles. The van der Waals surface area contributed by atoms with E-state index in [4.69, 9.17) is 5.26 Å². The summed E-state index contributed by atoms with van der Waals surface area (Å²) in [7, 11) is 0. The number of nitrogens with one attached hydrogen (secondary N) is 1. The van der Waals surface area contributed by atoms with Gasteiger partial charge in [0.15, 0.2) is 0 Å². The van der Waals surface area contributed by atoms with Crippen molar-refractivity contribution in [2.24, 2.45) is 0 Å². The predicted octanol–water partition coefficient (Wildman–Crippen LogP) is 3.78. The summed E-state index contributed by atoms with van der Waals surface area (Å²) in [6.07, 6.45) is 0.527. The van der Waals surface area contributed by atoms with Crippen molar-refractivity contribution in [1.29, 1.82) is 5.26 Å². The van der Waals surface area contributed by atoms with Crippen LogP contribution >= 0.6 is 0 Å². The van der Waals surface area contributed by atoms with Crippen LogP contribution in [0.25, 0.3) is 0 Å². The van der Waals surface area contributed by atoms with Gasteiger partial charge in [-0.2, -0.15) is 5.26 Å². The third-order valence-corrected chi connectivity index (χ3v) is 4.69. The number of aromatic nitrogens is 1. The molecule has 0 aliphatic carbocycles. The number of likely N-dealkylation sites (tertiary alicyclic amines) is 1. The molecule has 10 heteroatoms. The maximum Gasteiger partial charge on any atom is 0.293 e. The lowest BCUT2D eigenvalue weighted by atomic mass is 10.0. The predicted molar refractivity (Wildman–Crippen MR) is 100 cm³/mol. The van der Waals surface area contributed by atoms with Gasteiger partial charge in [-0.3, -0.25) is 14.9 Å². The van der Waals surface area contributed by atoms with E-state index in [1.165, 1.54) is 23.2 Å². The van der Waals surface area contributed by atoms with Crippen LogP contribution in [0, 0.1) is 28.4 Å². The number of hydrogen-bond acceptors (Lipinski definition) is 6. The molecule has 1 aromatic carbocycles. The second-order valence-electron chi connectivity index (χ2n) is 6.76. The molecule has 2 aromatic rings. The van der Waals surface area contributed by atoms with Crippen LogP contribution < -0.4 is 5.32 Å². The van der Waals surface area contributed by atoms with Crippen molar-refractivity contribution in [3.8, 4) is 6.07 Å². The summed E-state index contributed by atoms with van der Waals surface area (Å²) in [5.41, 5.74) is 1.17. The number of carbonyl (C=O) groups is 1. The minimum absolute atomic E-state index is 0.0570. The Labute approximate surface area is 164 Å². The average Bonchev–Trinajstić information content (AvgIpc) is 2.68. The number of piperidine rings is 1. The van der Waals surface area contributed by atoms with Crippen molar-refractivity contribution in [2.45, 2.75) is 25.7 Å². The van der Waals surface area contributed by atoms with Crippen molar-refractivity contribution < 1.29 is 18.5 Å². The zero-order chi connectivity index (χ0) is 21.2. The monoisotopic (exact) mass is 401 g/mol. The normalized spacial score (nSPS) is 15.4. The van der Waals surface area contributed by atoms with E-state index in [1.807, 2.05) is 6.07 Å². The van der Waals surface area contributed by atoms with E-state index in [-0.39, 0.29) is 35.7 Å². The molecule has 2 heterocycles. The third kappa shape index (κ3) is 4.45. The first-order valence-corrected chi connectivity index (χ1v) is 8.79. The number of hydrogen-bond donors (Lipinski definition) is 1.